The number of nitrogens with two attached hydrogens (primary N) is 1. The van der Waals surface area contributed by atoms with Crippen LogP contribution in [0.15, 0.2) is 24.3 Å². The predicted octanol–water partition coefficient (Wildman–Crippen LogP) is 2.30. The van der Waals surface area contributed by atoms with Crippen molar-refractivity contribution in [1.82, 2.24) is 5.32 Å². The van der Waals surface area contributed by atoms with Crippen molar-refractivity contribution in [3.8, 4) is 0 Å². The van der Waals surface area contributed by atoms with Crippen LogP contribution in [0.1, 0.15) is 32.3 Å². The number of hydrogen-bond donors (Lipinski definition) is 3. The number of amides is 1. The van der Waals surface area contributed by atoms with Crippen LogP contribution in [0.5, 0.6) is 0 Å². The van der Waals surface area contributed by atoms with Crippen molar-refractivity contribution in [2.75, 3.05) is 25.6 Å². The Morgan fingerprint density at radius 2 is 2.05 bits per heavy atom. The van der Waals surface area contributed by atoms with E-state index in [0.717, 1.165) is 24.2 Å². The van der Waals surface area contributed by atoms with Gasteiger partial charge >= 0.3 is 0 Å². The van der Waals surface area contributed by atoms with Crippen molar-refractivity contribution in [1.29, 1.82) is 0 Å². The van der Waals surface area contributed by atoms with Crippen LogP contribution in [-0.4, -0.2) is 31.7 Å². The number of halogens is 1. The van der Waals surface area contributed by atoms with Gasteiger partial charge in [0.2, 0.25) is 5.91 Å². The third-order valence-corrected chi connectivity index (χ3v) is 3.37. The number of nitrogens with one attached hydrogen (secondary N) is 2. The minimum atomic E-state index is -0.812. The van der Waals surface area contributed by atoms with Crippen molar-refractivity contribution < 1.29 is 9.53 Å². The van der Waals surface area contributed by atoms with Gasteiger partial charge in [-0.25, -0.2) is 0 Å². The van der Waals surface area contributed by atoms with Crippen LogP contribution in [-0.2, 0) is 16.1 Å². The molecule has 0 saturated heterocycles. The van der Waals surface area contributed by atoms with Crippen molar-refractivity contribution in [3.05, 3.63) is 29.8 Å². The maximum absolute atomic E-state index is 12.1. The Morgan fingerprint density at radius 3 is 2.68 bits per heavy atom. The monoisotopic (exact) mass is 329 g/mol. The Kier molecular flexibility index (Phi) is 9.81. The summed E-state index contributed by atoms with van der Waals surface area (Å²) in [6.45, 7) is 5.62. The third-order valence-electron chi connectivity index (χ3n) is 3.37. The average molecular weight is 330 g/mol. The second-order valence-corrected chi connectivity index (χ2v) is 5.43. The molecule has 4 N–H and O–H groups in total. The number of ether oxygens (including phenoxy) is 1. The number of hydrogen-bond acceptors (Lipinski definition) is 4. The molecule has 1 aromatic rings. The fourth-order valence-corrected chi connectivity index (χ4v) is 2.14. The van der Waals surface area contributed by atoms with E-state index in [1.807, 2.05) is 31.2 Å². The topological polar surface area (TPSA) is 76.4 Å². The van der Waals surface area contributed by atoms with Gasteiger partial charge in [0.1, 0.15) is 0 Å². The minimum absolute atomic E-state index is 0. The smallest absolute Gasteiger partial charge is 0.240 e. The summed E-state index contributed by atoms with van der Waals surface area (Å²) in [5, 5.41) is 6.21. The van der Waals surface area contributed by atoms with Crippen LogP contribution in [0.25, 0.3) is 0 Å². The lowest BCUT2D eigenvalue weighted by Gasteiger charge is -2.23. The molecule has 22 heavy (non-hydrogen) atoms. The van der Waals surface area contributed by atoms with Gasteiger partial charge in [0.25, 0.3) is 0 Å². The van der Waals surface area contributed by atoms with Crippen LogP contribution < -0.4 is 16.4 Å². The van der Waals surface area contributed by atoms with E-state index in [-0.39, 0.29) is 18.3 Å². The Bertz CT molecular complexity index is 453. The number of carbonyl (C=O) groups is 1. The SMILES string of the molecule is CCCC(C)(N)C(=O)NCc1ccccc1NCCOC.Cl. The summed E-state index contributed by atoms with van der Waals surface area (Å²) in [5.74, 6) is -0.115. The van der Waals surface area contributed by atoms with Gasteiger partial charge in [-0.2, -0.15) is 0 Å². The van der Waals surface area contributed by atoms with E-state index in [9.17, 15) is 4.79 Å². The molecular weight excluding hydrogens is 302 g/mol. The molecule has 0 saturated carbocycles. The first kappa shape index (κ1) is 20.7. The highest BCUT2D eigenvalue weighted by Crippen LogP contribution is 2.15. The summed E-state index contributed by atoms with van der Waals surface area (Å²) >= 11 is 0. The summed E-state index contributed by atoms with van der Waals surface area (Å²) in [4.78, 5) is 12.1. The summed E-state index contributed by atoms with van der Waals surface area (Å²) in [6, 6.07) is 7.90. The molecule has 0 aliphatic carbocycles. The second kappa shape index (κ2) is 10.4. The van der Waals surface area contributed by atoms with Crippen LogP contribution in [0.3, 0.4) is 0 Å². The highest BCUT2D eigenvalue weighted by Gasteiger charge is 2.26. The zero-order valence-electron chi connectivity index (χ0n) is 13.6. The molecule has 1 rings (SSSR count). The van der Waals surface area contributed by atoms with Crippen LogP contribution in [0.4, 0.5) is 5.69 Å². The Morgan fingerprint density at radius 1 is 1.36 bits per heavy atom. The Hall–Kier alpha value is -1.30. The Labute approximate surface area is 139 Å². The van der Waals surface area contributed by atoms with Crippen LogP contribution in [0.2, 0.25) is 0 Å². The second-order valence-electron chi connectivity index (χ2n) is 5.43. The average Bonchev–Trinajstić information content (AvgIpc) is 2.46. The molecule has 0 heterocycles. The molecule has 0 aliphatic rings. The van der Waals surface area contributed by atoms with E-state index in [0.29, 0.717) is 19.6 Å². The van der Waals surface area contributed by atoms with Crippen molar-refractivity contribution >= 4 is 24.0 Å². The molecule has 0 spiro atoms. The molecule has 6 heteroatoms. The van der Waals surface area contributed by atoms with E-state index in [1.165, 1.54) is 0 Å². The normalized spacial score (nSPS) is 12.9. The van der Waals surface area contributed by atoms with Gasteiger partial charge in [-0.3, -0.25) is 4.79 Å². The predicted molar refractivity (Wildman–Crippen MR) is 93.4 cm³/mol. The number of para-hydroxylation sites is 1. The lowest BCUT2D eigenvalue weighted by atomic mass is 9.96. The first-order valence-corrected chi connectivity index (χ1v) is 7.39. The molecule has 126 valence electrons. The van der Waals surface area contributed by atoms with Gasteiger partial charge in [0.05, 0.1) is 12.1 Å². The number of anilines is 1. The van der Waals surface area contributed by atoms with Gasteiger partial charge in [-0.05, 0) is 25.0 Å². The largest absolute Gasteiger partial charge is 0.383 e. The standard InChI is InChI=1S/C16H27N3O2.ClH/c1-4-9-16(2,17)15(20)19-12-13-7-5-6-8-14(13)18-10-11-21-3;/h5-8,18H,4,9-12,17H2,1-3H3,(H,19,20);1H. The first-order chi connectivity index (χ1) is 10.0. The quantitative estimate of drug-likeness (QED) is 0.608. The zero-order chi connectivity index (χ0) is 15.7. The summed E-state index contributed by atoms with van der Waals surface area (Å²) in [6.07, 6.45) is 1.56. The van der Waals surface area contributed by atoms with Crippen molar-refractivity contribution in [2.45, 2.75) is 38.8 Å². The molecule has 1 amide bonds. The molecule has 0 fully saturated rings. The third kappa shape index (κ3) is 6.64. The lowest BCUT2D eigenvalue weighted by molar-refractivity contribution is -0.126. The maximum atomic E-state index is 12.1. The van der Waals surface area contributed by atoms with Crippen LogP contribution in [0, 0.1) is 0 Å². The molecule has 0 aliphatic heterocycles. The summed E-state index contributed by atoms with van der Waals surface area (Å²) < 4.78 is 5.02. The van der Waals surface area contributed by atoms with Crippen LogP contribution >= 0.6 is 12.4 Å². The molecular formula is C16H28ClN3O2. The number of carbonyl (C=O) groups excluding carboxylic acids is 1. The van der Waals surface area contributed by atoms with E-state index < -0.39 is 5.54 Å². The van der Waals surface area contributed by atoms with Gasteiger partial charge in [0.15, 0.2) is 0 Å². The zero-order valence-corrected chi connectivity index (χ0v) is 14.5. The molecule has 1 aromatic carbocycles. The number of methoxy groups -OCH3 is 1. The number of benzene rings is 1. The van der Waals surface area contributed by atoms with Gasteiger partial charge < -0.3 is 21.1 Å². The highest BCUT2D eigenvalue weighted by molar-refractivity contribution is 5.85. The maximum Gasteiger partial charge on any atom is 0.240 e. The van der Waals surface area contributed by atoms with Crippen molar-refractivity contribution in [3.63, 3.8) is 0 Å². The van der Waals surface area contributed by atoms with Gasteiger partial charge in [0, 0.05) is 25.9 Å². The summed E-state index contributed by atoms with van der Waals surface area (Å²) in [5.41, 5.74) is 7.25. The first-order valence-electron chi connectivity index (χ1n) is 7.39. The lowest BCUT2D eigenvalue weighted by Crippen LogP contribution is -2.51. The summed E-state index contributed by atoms with van der Waals surface area (Å²) in [7, 11) is 1.67. The van der Waals surface area contributed by atoms with E-state index in [2.05, 4.69) is 10.6 Å². The molecule has 5 nitrogen and oxygen atoms in total. The van der Waals surface area contributed by atoms with Crippen molar-refractivity contribution in [2.24, 2.45) is 5.73 Å². The fourth-order valence-electron chi connectivity index (χ4n) is 2.14. The molecule has 0 aromatic heterocycles. The highest BCUT2D eigenvalue weighted by atomic mass is 35.5. The molecule has 1 unspecified atom stereocenters. The van der Waals surface area contributed by atoms with Gasteiger partial charge in [-0.15, -0.1) is 12.4 Å². The van der Waals surface area contributed by atoms with E-state index in [4.69, 9.17) is 10.5 Å². The van der Waals surface area contributed by atoms with E-state index in [1.54, 1.807) is 14.0 Å². The fraction of sp³-hybridized carbons (Fsp3) is 0.562. The van der Waals surface area contributed by atoms with E-state index >= 15 is 0 Å². The molecule has 0 radical (unpaired) electrons. The minimum Gasteiger partial charge on any atom is -0.383 e. The molecule has 1 atom stereocenters. The molecule has 0 bridgehead atoms. The Balaban J connectivity index is 0.00000441. The number of rotatable bonds is 9. The van der Waals surface area contributed by atoms with Gasteiger partial charge in [-0.1, -0.05) is 31.5 Å².